The van der Waals surface area contributed by atoms with E-state index in [1.165, 1.54) is 0 Å². The van der Waals surface area contributed by atoms with E-state index in [0.29, 0.717) is 0 Å². The topological polar surface area (TPSA) is 18.6 Å². The van der Waals surface area contributed by atoms with E-state index in [1.54, 1.807) is 6.21 Å². The predicted octanol–water partition coefficient (Wildman–Crippen LogP) is 2.36. The third kappa shape index (κ3) is 5.13. The molecule has 0 bridgehead atoms. The summed E-state index contributed by atoms with van der Waals surface area (Å²) < 4.78 is 1.83. The fraction of sp³-hybridized carbons (Fsp3) is 0.200. The first-order valence-corrected chi connectivity index (χ1v) is 5.73. The Balaban J connectivity index is 2.43. The van der Waals surface area contributed by atoms with Crippen LogP contribution in [-0.4, -0.2) is 31.1 Å². The minimum atomic E-state index is 0.764. The van der Waals surface area contributed by atoms with Crippen molar-refractivity contribution < 1.29 is 4.58 Å². The SMILES string of the molecule is C#CC=[N+](C)/C=C\C/C=N/N(C)c1ccccc1. The van der Waals surface area contributed by atoms with Crippen molar-refractivity contribution in [1.29, 1.82) is 0 Å². The Kier molecular flexibility index (Phi) is 5.99. The molecule has 0 radical (unpaired) electrons. The van der Waals surface area contributed by atoms with Crippen LogP contribution in [0.25, 0.3) is 0 Å². The summed E-state index contributed by atoms with van der Waals surface area (Å²) in [6.07, 6.45) is 13.3. The quantitative estimate of drug-likeness (QED) is 0.334. The first-order valence-electron chi connectivity index (χ1n) is 5.73. The lowest BCUT2D eigenvalue weighted by Gasteiger charge is -2.11. The van der Waals surface area contributed by atoms with Gasteiger partial charge in [-0.25, -0.2) is 4.58 Å². The Bertz CT molecular complexity index is 478. The number of terminal acetylenes is 1. The first-order chi connectivity index (χ1) is 8.74. The Morgan fingerprint density at radius 3 is 2.78 bits per heavy atom. The van der Waals surface area contributed by atoms with Gasteiger partial charge in [0.05, 0.1) is 5.69 Å². The highest BCUT2D eigenvalue weighted by Crippen LogP contribution is 2.10. The zero-order valence-corrected chi connectivity index (χ0v) is 10.8. The molecular weight excluding hydrogens is 222 g/mol. The Hall–Kier alpha value is -2.34. The molecule has 0 unspecified atom stereocenters. The van der Waals surface area contributed by atoms with Crippen LogP contribution in [0.1, 0.15) is 6.42 Å². The number of hydrogen-bond donors (Lipinski definition) is 0. The molecule has 0 aliphatic heterocycles. The van der Waals surface area contributed by atoms with Crippen molar-refractivity contribution in [3.63, 3.8) is 0 Å². The molecule has 3 heteroatoms. The van der Waals surface area contributed by atoms with Gasteiger partial charge in [-0.2, -0.15) is 5.10 Å². The molecule has 0 saturated carbocycles. The number of hydrazone groups is 1. The van der Waals surface area contributed by atoms with Crippen LogP contribution in [0.2, 0.25) is 0 Å². The number of hydrogen-bond acceptors (Lipinski definition) is 2. The smallest absolute Gasteiger partial charge is 0.219 e. The van der Waals surface area contributed by atoms with Crippen LogP contribution in [0.3, 0.4) is 0 Å². The molecule has 18 heavy (non-hydrogen) atoms. The third-order valence-corrected chi connectivity index (χ3v) is 2.24. The van der Waals surface area contributed by atoms with Gasteiger partial charge in [0.1, 0.15) is 7.05 Å². The van der Waals surface area contributed by atoms with E-state index in [4.69, 9.17) is 6.42 Å². The normalized spacial score (nSPS) is 11.9. The van der Waals surface area contributed by atoms with E-state index < -0.39 is 0 Å². The Morgan fingerprint density at radius 1 is 1.39 bits per heavy atom. The molecular formula is C15H18N3+. The van der Waals surface area contributed by atoms with Gasteiger partial charge in [-0.15, -0.1) is 6.42 Å². The van der Waals surface area contributed by atoms with Gasteiger partial charge in [-0.05, 0) is 24.1 Å². The maximum absolute atomic E-state index is 5.15. The summed E-state index contributed by atoms with van der Waals surface area (Å²) in [7, 11) is 3.82. The second-order valence-electron chi connectivity index (χ2n) is 3.74. The van der Waals surface area contributed by atoms with Crippen LogP contribution < -0.4 is 5.01 Å². The largest absolute Gasteiger partial charge is 0.269 e. The summed E-state index contributed by atoms with van der Waals surface area (Å²) in [5, 5.41) is 6.16. The predicted molar refractivity (Wildman–Crippen MR) is 78.2 cm³/mol. The van der Waals surface area contributed by atoms with Gasteiger partial charge in [0, 0.05) is 19.7 Å². The van der Waals surface area contributed by atoms with Crippen LogP contribution in [0.5, 0.6) is 0 Å². The van der Waals surface area contributed by atoms with Gasteiger partial charge < -0.3 is 0 Å². The second-order valence-corrected chi connectivity index (χ2v) is 3.74. The molecule has 0 atom stereocenters. The molecule has 0 spiro atoms. The number of benzene rings is 1. The molecule has 1 rings (SSSR count). The molecule has 0 fully saturated rings. The van der Waals surface area contributed by atoms with E-state index in [0.717, 1.165) is 12.1 Å². The Morgan fingerprint density at radius 2 is 2.11 bits per heavy atom. The summed E-state index contributed by atoms with van der Waals surface area (Å²) in [5.74, 6) is 2.46. The molecule has 0 amide bonds. The fourth-order valence-electron chi connectivity index (χ4n) is 1.33. The highest BCUT2D eigenvalue weighted by atomic mass is 15.4. The monoisotopic (exact) mass is 240 g/mol. The van der Waals surface area contributed by atoms with E-state index in [1.807, 2.05) is 72.5 Å². The van der Waals surface area contributed by atoms with Crippen molar-refractivity contribution in [1.82, 2.24) is 0 Å². The fourth-order valence-corrected chi connectivity index (χ4v) is 1.33. The minimum absolute atomic E-state index is 0.764. The summed E-state index contributed by atoms with van der Waals surface area (Å²) in [4.78, 5) is 0. The van der Waals surface area contributed by atoms with Crippen LogP contribution in [-0.2, 0) is 0 Å². The van der Waals surface area contributed by atoms with Gasteiger partial charge in [0.2, 0.25) is 6.21 Å². The average molecular weight is 240 g/mol. The summed E-state index contributed by atoms with van der Waals surface area (Å²) in [6.45, 7) is 0. The van der Waals surface area contributed by atoms with Crippen molar-refractivity contribution in [3.05, 3.63) is 42.6 Å². The minimum Gasteiger partial charge on any atom is -0.269 e. The van der Waals surface area contributed by atoms with Crippen molar-refractivity contribution >= 4 is 18.1 Å². The average Bonchev–Trinajstić information content (AvgIpc) is 2.39. The van der Waals surface area contributed by atoms with E-state index in [9.17, 15) is 0 Å². The maximum atomic E-state index is 5.15. The van der Waals surface area contributed by atoms with Gasteiger partial charge >= 0.3 is 0 Å². The molecule has 0 aliphatic rings. The number of rotatable bonds is 5. The number of nitrogens with zero attached hydrogens (tertiary/aromatic N) is 3. The zero-order valence-electron chi connectivity index (χ0n) is 10.8. The standard InChI is InChI=1S/C15H18N3/c1-4-13-17(2)14-9-8-12-16-18(3)15-10-6-5-7-11-15/h1,5-7,9-14H,8H2,2-3H3/q+1/b14-9-,16-12+,17-13?. The molecule has 1 aromatic carbocycles. The lowest BCUT2D eigenvalue weighted by Crippen LogP contribution is -2.08. The first kappa shape index (κ1) is 13.7. The van der Waals surface area contributed by atoms with Crippen molar-refractivity contribution in [3.8, 4) is 12.3 Å². The lowest BCUT2D eigenvalue weighted by molar-refractivity contribution is -0.415. The molecule has 1 aromatic rings. The molecule has 0 aliphatic carbocycles. The highest BCUT2D eigenvalue weighted by molar-refractivity contribution is 5.72. The van der Waals surface area contributed by atoms with Crippen LogP contribution in [0.15, 0.2) is 47.7 Å². The third-order valence-electron chi connectivity index (χ3n) is 2.24. The van der Waals surface area contributed by atoms with Crippen LogP contribution in [0.4, 0.5) is 5.69 Å². The van der Waals surface area contributed by atoms with Gasteiger partial charge in [0.25, 0.3) is 0 Å². The van der Waals surface area contributed by atoms with Crippen LogP contribution in [0, 0.1) is 12.3 Å². The number of allylic oxidation sites excluding steroid dienone is 1. The lowest BCUT2D eigenvalue weighted by atomic mass is 10.3. The number of para-hydroxylation sites is 1. The molecule has 0 saturated heterocycles. The number of anilines is 1. The molecule has 0 N–H and O–H groups in total. The van der Waals surface area contributed by atoms with Gasteiger partial charge in [0.15, 0.2) is 6.20 Å². The second kappa shape index (κ2) is 7.86. The summed E-state index contributed by atoms with van der Waals surface area (Å²) in [6, 6.07) is 10.0. The molecule has 92 valence electrons. The van der Waals surface area contributed by atoms with Crippen molar-refractivity contribution in [2.45, 2.75) is 6.42 Å². The van der Waals surface area contributed by atoms with Gasteiger partial charge in [-0.1, -0.05) is 18.2 Å². The van der Waals surface area contributed by atoms with Crippen molar-refractivity contribution in [2.75, 3.05) is 19.1 Å². The summed E-state index contributed by atoms with van der Waals surface area (Å²) in [5.41, 5.74) is 1.07. The molecule has 0 aromatic heterocycles. The molecule has 3 nitrogen and oxygen atoms in total. The zero-order chi connectivity index (χ0) is 13.2. The van der Waals surface area contributed by atoms with E-state index >= 15 is 0 Å². The maximum Gasteiger partial charge on any atom is 0.219 e. The summed E-state index contributed by atoms with van der Waals surface area (Å²) >= 11 is 0. The molecule has 0 heterocycles. The van der Waals surface area contributed by atoms with Crippen molar-refractivity contribution in [2.24, 2.45) is 5.10 Å². The van der Waals surface area contributed by atoms with E-state index in [2.05, 4.69) is 11.0 Å². The van der Waals surface area contributed by atoms with Crippen LogP contribution >= 0.6 is 0 Å². The Labute approximate surface area is 109 Å². The highest BCUT2D eigenvalue weighted by Gasteiger charge is 1.93. The van der Waals surface area contributed by atoms with E-state index in [-0.39, 0.29) is 0 Å². The van der Waals surface area contributed by atoms with Gasteiger partial charge in [-0.3, -0.25) is 5.01 Å².